The van der Waals surface area contributed by atoms with Crippen LogP contribution >= 0.6 is 0 Å². The fourth-order valence-corrected chi connectivity index (χ4v) is 4.03. The van der Waals surface area contributed by atoms with Crippen molar-refractivity contribution in [3.05, 3.63) is 24.3 Å². The van der Waals surface area contributed by atoms with E-state index in [9.17, 15) is 14.7 Å². The Kier molecular flexibility index (Phi) is 17.9. The summed E-state index contributed by atoms with van der Waals surface area (Å²) in [4.78, 5) is 23.5. The van der Waals surface area contributed by atoms with Crippen molar-refractivity contribution in [2.45, 2.75) is 122 Å². The van der Waals surface area contributed by atoms with Crippen molar-refractivity contribution in [1.29, 1.82) is 0 Å². The lowest BCUT2D eigenvalue weighted by molar-refractivity contribution is -0.144. The minimum Gasteiger partial charge on any atom is -0.508 e. The number of nitrogens with one attached hydrogen (secondary N) is 1. The molecule has 0 aromatic heterocycles. The number of aliphatic carboxylic acids is 1. The third-order valence-corrected chi connectivity index (χ3v) is 6.10. The molecule has 0 fully saturated rings. The van der Waals surface area contributed by atoms with Crippen LogP contribution in [0.25, 0.3) is 0 Å². The van der Waals surface area contributed by atoms with Gasteiger partial charge in [-0.15, -0.1) is 0 Å². The summed E-state index contributed by atoms with van der Waals surface area (Å²) in [6, 6.07) is 6.03. The summed E-state index contributed by atoms with van der Waals surface area (Å²) >= 11 is 0. The second kappa shape index (κ2) is 20.3. The van der Waals surface area contributed by atoms with Gasteiger partial charge in [-0.05, 0) is 30.7 Å². The highest BCUT2D eigenvalue weighted by molar-refractivity contribution is 5.96. The van der Waals surface area contributed by atoms with Gasteiger partial charge >= 0.3 is 5.97 Å². The second-order valence-corrected chi connectivity index (χ2v) is 9.30. The van der Waals surface area contributed by atoms with E-state index in [0.29, 0.717) is 12.3 Å². The molecule has 0 radical (unpaired) electrons. The van der Waals surface area contributed by atoms with Gasteiger partial charge in [0, 0.05) is 12.3 Å². The number of carbonyl (C=O) groups is 2. The first-order valence-electron chi connectivity index (χ1n) is 13.5. The van der Waals surface area contributed by atoms with E-state index < -0.39 is 18.0 Å². The van der Waals surface area contributed by atoms with Gasteiger partial charge < -0.3 is 20.3 Å². The molecule has 0 bridgehead atoms. The van der Waals surface area contributed by atoms with E-state index in [-0.39, 0.29) is 12.2 Å². The number of anilines is 1. The topological polar surface area (TPSA) is 95.9 Å². The summed E-state index contributed by atoms with van der Waals surface area (Å²) in [5.41, 5.74) is 0.490. The van der Waals surface area contributed by atoms with Gasteiger partial charge in [-0.3, -0.25) is 9.59 Å². The lowest BCUT2D eigenvalue weighted by atomic mass is 10.0. The Bertz CT molecular complexity index is 647. The first-order chi connectivity index (χ1) is 16.5. The fraction of sp³-hybridized carbons (Fsp3) is 0.714. The zero-order valence-corrected chi connectivity index (χ0v) is 21.2. The Balaban J connectivity index is 2.01. The molecule has 1 aromatic carbocycles. The van der Waals surface area contributed by atoms with Crippen LogP contribution in [-0.4, -0.2) is 34.8 Å². The quantitative estimate of drug-likeness (QED) is 0.119. The van der Waals surface area contributed by atoms with E-state index >= 15 is 0 Å². The van der Waals surface area contributed by atoms with E-state index in [2.05, 4.69) is 12.2 Å². The molecule has 1 amide bonds. The average Bonchev–Trinajstić information content (AvgIpc) is 2.81. The molecule has 0 aliphatic rings. The second-order valence-electron chi connectivity index (χ2n) is 9.30. The minimum atomic E-state index is -1.07. The first-order valence-corrected chi connectivity index (χ1v) is 13.5. The molecule has 6 heteroatoms. The lowest BCUT2D eigenvalue weighted by Crippen LogP contribution is -2.33. The van der Waals surface area contributed by atoms with Crippen LogP contribution in [0.15, 0.2) is 24.3 Å². The number of unbranched alkanes of at least 4 members (excludes halogenated alkanes) is 15. The van der Waals surface area contributed by atoms with Crippen molar-refractivity contribution in [2.75, 3.05) is 11.9 Å². The van der Waals surface area contributed by atoms with Crippen LogP contribution in [0.1, 0.15) is 116 Å². The van der Waals surface area contributed by atoms with Crippen molar-refractivity contribution in [1.82, 2.24) is 0 Å². The highest BCUT2D eigenvalue weighted by atomic mass is 16.5. The molecule has 194 valence electrons. The zero-order valence-electron chi connectivity index (χ0n) is 21.2. The minimum absolute atomic E-state index is 0.0971. The van der Waals surface area contributed by atoms with Gasteiger partial charge in [0.05, 0.1) is 6.42 Å². The molecule has 0 spiro atoms. The highest BCUT2D eigenvalue weighted by Crippen LogP contribution is 2.16. The van der Waals surface area contributed by atoms with Crippen LogP contribution in [0.4, 0.5) is 5.69 Å². The molecule has 6 nitrogen and oxygen atoms in total. The Labute approximate surface area is 206 Å². The molecular weight excluding hydrogens is 430 g/mol. The summed E-state index contributed by atoms with van der Waals surface area (Å²) in [7, 11) is 0. The SMILES string of the molecule is CCCCCCCCCCCCCCCCCCOC(CC(=O)O)C(=O)Nc1ccc(O)cc1. The third kappa shape index (κ3) is 16.5. The highest BCUT2D eigenvalue weighted by Gasteiger charge is 2.22. The van der Waals surface area contributed by atoms with E-state index in [4.69, 9.17) is 9.84 Å². The maximum absolute atomic E-state index is 12.4. The summed E-state index contributed by atoms with van der Waals surface area (Å²) in [6.45, 7) is 2.64. The number of ether oxygens (including phenoxy) is 1. The van der Waals surface area contributed by atoms with E-state index in [0.717, 1.165) is 19.3 Å². The van der Waals surface area contributed by atoms with Crippen molar-refractivity contribution in [2.24, 2.45) is 0 Å². The predicted octanol–water partition coefficient (Wildman–Crippen LogP) is 7.45. The van der Waals surface area contributed by atoms with Gasteiger partial charge in [0.15, 0.2) is 0 Å². The zero-order chi connectivity index (χ0) is 24.9. The van der Waals surface area contributed by atoms with Gasteiger partial charge in [0.1, 0.15) is 11.9 Å². The number of phenolic OH excluding ortho intramolecular Hbond substituents is 1. The van der Waals surface area contributed by atoms with Crippen molar-refractivity contribution in [3.8, 4) is 5.75 Å². The number of carbonyl (C=O) groups excluding carboxylic acids is 1. The summed E-state index contributed by atoms with van der Waals surface area (Å²) < 4.78 is 5.59. The molecule has 1 atom stereocenters. The lowest BCUT2D eigenvalue weighted by Gasteiger charge is -2.16. The molecule has 0 aliphatic heterocycles. The van der Waals surface area contributed by atoms with E-state index in [1.165, 1.54) is 95.6 Å². The van der Waals surface area contributed by atoms with E-state index in [1.807, 2.05) is 0 Å². The van der Waals surface area contributed by atoms with E-state index in [1.54, 1.807) is 12.1 Å². The fourth-order valence-electron chi connectivity index (χ4n) is 4.03. The molecule has 1 aromatic rings. The van der Waals surface area contributed by atoms with Crippen molar-refractivity contribution < 1.29 is 24.5 Å². The van der Waals surface area contributed by atoms with Crippen LogP contribution in [0.5, 0.6) is 5.75 Å². The normalized spacial score (nSPS) is 11.9. The van der Waals surface area contributed by atoms with Gasteiger partial charge in [-0.25, -0.2) is 0 Å². The summed E-state index contributed by atoms with van der Waals surface area (Å²) in [5, 5.41) is 21.0. The van der Waals surface area contributed by atoms with Gasteiger partial charge in [0.2, 0.25) is 0 Å². The number of hydrogen-bond acceptors (Lipinski definition) is 4. The molecule has 3 N–H and O–H groups in total. The monoisotopic (exact) mass is 477 g/mol. The van der Waals surface area contributed by atoms with Gasteiger partial charge in [-0.2, -0.15) is 0 Å². The average molecular weight is 478 g/mol. The maximum atomic E-state index is 12.4. The van der Waals surface area contributed by atoms with Crippen LogP contribution in [0.3, 0.4) is 0 Å². The Morgan fingerprint density at radius 3 is 1.65 bits per heavy atom. The number of carboxylic acids is 1. The smallest absolute Gasteiger partial charge is 0.306 e. The van der Waals surface area contributed by atoms with Crippen LogP contribution in [0.2, 0.25) is 0 Å². The molecule has 1 rings (SSSR count). The number of phenols is 1. The van der Waals surface area contributed by atoms with Crippen molar-refractivity contribution >= 4 is 17.6 Å². The molecule has 0 saturated carbocycles. The molecule has 0 saturated heterocycles. The molecular formula is C28H47NO5. The first kappa shape index (κ1) is 30.0. The molecule has 34 heavy (non-hydrogen) atoms. The summed E-state index contributed by atoms with van der Waals surface area (Å²) in [6.07, 6.45) is 19.2. The Morgan fingerprint density at radius 1 is 0.765 bits per heavy atom. The van der Waals surface area contributed by atoms with Crippen molar-refractivity contribution in [3.63, 3.8) is 0 Å². The standard InChI is InChI=1S/C28H47NO5/c1-2-3-4-5-6-7-8-9-10-11-12-13-14-15-16-17-22-34-26(23-27(31)32)28(33)29-24-18-20-25(30)21-19-24/h18-21,26,30H,2-17,22-23H2,1H3,(H,29,33)(H,31,32). The largest absolute Gasteiger partial charge is 0.508 e. The van der Waals surface area contributed by atoms with Gasteiger partial charge in [-0.1, -0.05) is 103 Å². The summed E-state index contributed by atoms with van der Waals surface area (Å²) in [5.74, 6) is -1.46. The van der Waals surface area contributed by atoms with Crippen LogP contribution in [0, 0.1) is 0 Å². The molecule has 0 aliphatic carbocycles. The number of aromatic hydroxyl groups is 1. The number of rotatable bonds is 22. The molecule has 0 heterocycles. The number of hydrogen-bond donors (Lipinski definition) is 3. The Hall–Kier alpha value is -2.08. The Morgan fingerprint density at radius 2 is 1.21 bits per heavy atom. The maximum Gasteiger partial charge on any atom is 0.306 e. The third-order valence-electron chi connectivity index (χ3n) is 6.10. The number of benzene rings is 1. The molecule has 1 unspecified atom stereocenters. The number of amides is 1. The van der Waals surface area contributed by atoms with Crippen LogP contribution < -0.4 is 5.32 Å². The van der Waals surface area contributed by atoms with Gasteiger partial charge in [0.25, 0.3) is 5.91 Å². The predicted molar refractivity (Wildman–Crippen MR) is 138 cm³/mol. The number of carboxylic acid groups (broad SMARTS) is 1. The van der Waals surface area contributed by atoms with Crippen LogP contribution in [-0.2, 0) is 14.3 Å².